The molecule has 158 valence electrons. The highest BCUT2D eigenvalue weighted by atomic mass is 32.1. The van der Waals surface area contributed by atoms with E-state index in [1.54, 1.807) is 11.3 Å². The van der Waals surface area contributed by atoms with E-state index in [1.807, 2.05) is 0 Å². The van der Waals surface area contributed by atoms with Gasteiger partial charge in [-0.15, -0.1) is 11.3 Å². The number of thiazole rings is 1. The molecule has 5 nitrogen and oxygen atoms in total. The number of hydrogen-bond donors (Lipinski definition) is 2. The first-order chi connectivity index (χ1) is 14.2. The minimum absolute atomic E-state index is 0.522. The molecular weight excluding hydrogens is 378 g/mol. The molecule has 0 amide bonds. The van der Waals surface area contributed by atoms with E-state index in [0.717, 1.165) is 36.2 Å². The van der Waals surface area contributed by atoms with Gasteiger partial charge in [0.05, 0.1) is 5.69 Å². The fraction of sp³-hybridized carbons (Fsp3) is 0.565. The molecule has 2 aromatic rings. The van der Waals surface area contributed by atoms with Crippen LogP contribution in [-0.2, 0) is 6.42 Å². The van der Waals surface area contributed by atoms with Crippen molar-refractivity contribution in [2.45, 2.75) is 52.5 Å². The average molecular weight is 414 g/mol. The molecule has 0 bridgehead atoms. The fourth-order valence-corrected chi connectivity index (χ4v) is 4.52. The maximum atomic E-state index is 4.80. The summed E-state index contributed by atoms with van der Waals surface area (Å²) in [5.74, 6) is 0.940. The smallest absolute Gasteiger partial charge is 0.191 e. The Balaban J connectivity index is 1.50. The van der Waals surface area contributed by atoms with Crippen LogP contribution in [0.15, 0.2) is 34.6 Å². The lowest BCUT2D eigenvalue weighted by Gasteiger charge is -2.32. The number of aliphatic imine (C=N–C) groups is 1. The van der Waals surface area contributed by atoms with Gasteiger partial charge in [0.25, 0.3) is 0 Å². The average Bonchev–Trinajstić information content (AvgIpc) is 3.19. The lowest BCUT2D eigenvalue weighted by atomic mass is 10.1. The van der Waals surface area contributed by atoms with Crippen molar-refractivity contribution in [2.24, 2.45) is 4.99 Å². The third kappa shape index (κ3) is 6.82. The van der Waals surface area contributed by atoms with Gasteiger partial charge in [-0.3, -0.25) is 4.99 Å². The molecule has 0 saturated carbocycles. The fourth-order valence-electron chi connectivity index (χ4n) is 3.66. The second kappa shape index (κ2) is 11.3. The van der Waals surface area contributed by atoms with Crippen molar-refractivity contribution in [3.63, 3.8) is 0 Å². The largest absolute Gasteiger partial charge is 0.357 e. The summed E-state index contributed by atoms with van der Waals surface area (Å²) in [5, 5.41) is 10.3. The SMILES string of the molecule is CCCN1CCC(NC(=NCCc2csc(-c3ccc(C)cc3)n2)NCC)CC1. The number of aromatic nitrogens is 1. The van der Waals surface area contributed by atoms with E-state index in [2.05, 4.69) is 66.0 Å². The van der Waals surface area contributed by atoms with Crippen LogP contribution in [0, 0.1) is 6.92 Å². The van der Waals surface area contributed by atoms with Crippen molar-refractivity contribution in [1.82, 2.24) is 20.5 Å². The number of aryl methyl sites for hydroxylation is 1. The van der Waals surface area contributed by atoms with Gasteiger partial charge in [0.15, 0.2) is 5.96 Å². The number of nitrogens with one attached hydrogen (secondary N) is 2. The molecule has 29 heavy (non-hydrogen) atoms. The number of hydrogen-bond acceptors (Lipinski definition) is 4. The lowest BCUT2D eigenvalue weighted by molar-refractivity contribution is 0.206. The second-order valence-corrected chi connectivity index (χ2v) is 8.64. The van der Waals surface area contributed by atoms with Crippen molar-refractivity contribution in [3.8, 4) is 10.6 Å². The van der Waals surface area contributed by atoms with Crippen molar-refractivity contribution < 1.29 is 0 Å². The Bertz CT molecular complexity index is 760. The van der Waals surface area contributed by atoms with Crippen LogP contribution in [0.1, 0.15) is 44.4 Å². The molecule has 2 heterocycles. The minimum Gasteiger partial charge on any atom is -0.357 e. The molecule has 1 aliphatic heterocycles. The maximum absolute atomic E-state index is 4.80. The van der Waals surface area contributed by atoms with Gasteiger partial charge in [-0.05, 0) is 39.7 Å². The molecule has 0 radical (unpaired) electrons. The van der Waals surface area contributed by atoms with Crippen LogP contribution >= 0.6 is 11.3 Å². The number of likely N-dealkylation sites (tertiary alicyclic amines) is 1. The number of benzene rings is 1. The third-order valence-corrected chi connectivity index (χ3v) is 6.24. The molecule has 6 heteroatoms. The Hall–Kier alpha value is -1.92. The molecule has 1 aromatic heterocycles. The van der Waals surface area contributed by atoms with Crippen molar-refractivity contribution in [1.29, 1.82) is 0 Å². The van der Waals surface area contributed by atoms with E-state index >= 15 is 0 Å². The van der Waals surface area contributed by atoms with Crippen LogP contribution in [-0.4, -0.2) is 54.6 Å². The van der Waals surface area contributed by atoms with Gasteiger partial charge in [-0.1, -0.05) is 36.8 Å². The van der Waals surface area contributed by atoms with E-state index in [1.165, 1.54) is 50.0 Å². The summed E-state index contributed by atoms with van der Waals surface area (Å²) in [6.07, 6.45) is 4.49. The van der Waals surface area contributed by atoms with E-state index in [4.69, 9.17) is 9.98 Å². The Morgan fingerprint density at radius 3 is 2.66 bits per heavy atom. The molecule has 0 atom stereocenters. The Kier molecular flexibility index (Phi) is 8.50. The van der Waals surface area contributed by atoms with Crippen LogP contribution in [0.4, 0.5) is 0 Å². The van der Waals surface area contributed by atoms with Crippen molar-refractivity contribution >= 4 is 17.3 Å². The highest BCUT2D eigenvalue weighted by Crippen LogP contribution is 2.24. The van der Waals surface area contributed by atoms with Gasteiger partial charge < -0.3 is 15.5 Å². The topological polar surface area (TPSA) is 52.5 Å². The Morgan fingerprint density at radius 2 is 1.97 bits per heavy atom. The zero-order chi connectivity index (χ0) is 20.5. The van der Waals surface area contributed by atoms with Gasteiger partial charge >= 0.3 is 0 Å². The molecule has 1 aromatic carbocycles. The molecule has 0 aliphatic carbocycles. The van der Waals surface area contributed by atoms with Gasteiger partial charge in [0.2, 0.25) is 0 Å². The van der Waals surface area contributed by atoms with Crippen molar-refractivity contribution in [2.75, 3.05) is 32.7 Å². The molecule has 0 spiro atoms. The first-order valence-electron chi connectivity index (χ1n) is 11.0. The van der Waals surface area contributed by atoms with Crippen LogP contribution in [0.25, 0.3) is 10.6 Å². The highest BCUT2D eigenvalue weighted by molar-refractivity contribution is 7.13. The number of guanidine groups is 1. The summed E-state index contributed by atoms with van der Waals surface area (Å²) in [6.45, 7) is 11.7. The molecule has 2 N–H and O–H groups in total. The summed E-state index contributed by atoms with van der Waals surface area (Å²) in [6, 6.07) is 9.10. The Morgan fingerprint density at radius 1 is 1.21 bits per heavy atom. The first-order valence-corrected chi connectivity index (χ1v) is 11.8. The predicted octanol–water partition coefficient (Wildman–Crippen LogP) is 4.09. The summed E-state index contributed by atoms with van der Waals surface area (Å²) in [5.41, 5.74) is 3.59. The lowest BCUT2D eigenvalue weighted by Crippen LogP contribution is -2.48. The van der Waals surface area contributed by atoms with Crippen LogP contribution < -0.4 is 10.6 Å². The zero-order valence-electron chi connectivity index (χ0n) is 18.1. The van der Waals surface area contributed by atoms with Crippen LogP contribution in [0.2, 0.25) is 0 Å². The molecule has 0 unspecified atom stereocenters. The summed E-state index contributed by atoms with van der Waals surface area (Å²) in [7, 11) is 0. The van der Waals surface area contributed by atoms with E-state index in [0.29, 0.717) is 6.04 Å². The third-order valence-electron chi connectivity index (χ3n) is 5.30. The van der Waals surface area contributed by atoms with Crippen LogP contribution in [0.5, 0.6) is 0 Å². The standard InChI is InChI=1S/C23H35N5S/c1-4-14-28-15-11-20(12-16-28)27-23(24-5-2)25-13-10-21-17-29-22(26-21)19-8-6-18(3)7-9-19/h6-9,17,20H,4-5,10-16H2,1-3H3,(H2,24,25,27). The normalized spacial score (nSPS) is 16.2. The Labute approximate surface area is 179 Å². The number of rotatable bonds is 8. The van der Waals surface area contributed by atoms with Gasteiger partial charge in [0, 0.05) is 49.6 Å². The maximum Gasteiger partial charge on any atom is 0.191 e. The van der Waals surface area contributed by atoms with Crippen LogP contribution in [0.3, 0.4) is 0 Å². The summed E-state index contributed by atoms with van der Waals surface area (Å²) < 4.78 is 0. The molecule has 1 aliphatic rings. The molecule has 1 saturated heterocycles. The number of piperidine rings is 1. The van der Waals surface area contributed by atoms with Gasteiger partial charge in [-0.25, -0.2) is 4.98 Å². The van der Waals surface area contributed by atoms with E-state index < -0.39 is 0 Å². The summed E-state index contributed by atoms with van der Waals surface area (Å²) >= 11 is 1.71. The van der Waals surface area contributed by atoms with Gasteiger partial charge in [-0.2, -0.15) is 0 Å². The highest BCUT2D eigenvalue weighted by Gasteiger charge is 2.19. The molecular formula is C23H35N5S. The van der Waals surface area contributed by atoms with E-state index in [9.17, 15) is 0 Å². The molecule has 3 rings (SSSR count). The monoisotopic (exact) mass is 413 g/mol. The van der Waals surface area contributed by atoms with E-state index in [-0.39, 0.29) is 0 Å². The van der Waals surface area contributed by atoms with Crippen molar-refractivity contribution in [3.05, 3.63) is 40.9 Å². The first kappa shape index (κ1) is 21.8. The molecule has 1 fully saturated rings. The minimum atomic E-state index is 0.522. The zero-order valence-corrected chi connectivity index (χ0v) is 18.9. The number of nitrogens with zero attached hydrogens (tertiary/aromatic N) is 3. The second-order valence-electron chi connectivity index (χ2n) is 7.78. The predicted molar refractivity (Wildman–Crippen MR) is 125 cm³/mol. The quantitative estimate of drug-likeness (QED) is 0.506. The summed E-state index contributed by atoms with van der Waals surface area (Å²) in [4.78, 5) is 12.2. The van der Waals surface area contributed by atoms with Gasteiger partial charge in [0.1, 0.15) is 5.01 Å².